The molecule has 6 heteroatoms. The minimum absolute atomic E-state index is 0.147. The minimum atomic E-state index is -3.52. The van der Waals surface area contributed by atoms with Crippen molar-refractivity contribution in [2.24, 2.45) is 0 Å². The van der Waals surface area contributed by atoms with Gasteiger partial charge in [-0.1, -0.05) is 0 Å². The molecule has 0 aliphatic rings. The highest BCUT2D eigenvalue weighted by molar-refractivity contribution is 7.89. The zero-order valence-electron chi connectivity index (χ0n) is 8.25. The molecule has 0 aromatic rings. The lowest BCUT2D eigenvalue weighted by Gasteiger charge is -2.19. The molecule has 13 heavy (non-hydrogen) atoms. The number of carbonyl (C=O) groups excluding carboxylic acids is 1. The van der Waals surface area contributed by atoms with Gasteiger partial charge in [-0.3, -0.25) is 0 Å². The summed E-state index contributed by atoms with van der Waals surface area (Å²) in [6.45, 7) is 6.41. The Hall–Kier alpha value is -0.780. The van der Waals surface area contributed by atoms with Crippen molar-refractivity contribution >= 4 is 16.1 Å². The van der Waals surface area contributed by atoms with Crippen LogP contribution in [-0.2, 0) is 14.8 Å². The van der Waals surface area contributed by atoms with E-state index >= 15 is 0 Å². The van der Waals surface area contributed by atoms with Gasteiger partial charge in [-0.15, -0.1) is 0 Å². The van der Waals surface area contributed by atoms with Crippen molar-refractivity contribution in [3.63, 3.8) is 0 Å². The number of amides is 1. The molecule has 0 fully saturated rings. The molecule has 0 spiro atoms. The van der Waals surface area contributed by atoms with Gasteiger partial charge in [-0.05, 0) is 27.7 Å². The van der Waals surface area contributed by atoms with Gasteiger partial charge in [-0.2, -0.15) is 0 Å². The van der Waals surface area contributed by atoms with E-state index in [0.717, 1.165) is 0 Å². The third-order valence-electron chi connectivity index (χ3n) is 1.02. The molecule has 1 N–H and O–H groups in total. The second kappa shape index (κ2) is 3.95. The highest BCUT2D eigenvalue weighted by atomic mass is 32.2. The third kappa shape index (κ3) is 6.39. The van der Waals surface area contributed by atoms with Gasteiger partial charge < -0.3 is 4.74 Å². The quantitative estimate of drug-likeness (QED) is 0.732. The average molecular weight is 209 g/mol. The van der Waals surface area contributed by atoms with Crippen molar-refractivity contribution < 1.29 is 17.9 Å². The molecule has 0 atom stereocenters. The van der Waals surface area contributed by atoms with E-state index in [1.165, 1.54) is 6.92 Å². The number of hydrogen-bond donors (Lipinski definition) is 1. The number of rotatable bonds is 2. The van der Waals surface area contributed by atoms with E-state index in [0.29, 0.717) is 0 Å². The molecule has 0 rings (SSSR count). The maximum absolute atomic E-state index is 10.9. The lowest BCUT2D eigenvalue weighted by molar-refractivity contribution is 0.0570. The number of sulfonamides is 1. The van der Waals surface area contributed by atoms with Crippen LogP contribution < -0.4 is 4.72 Å². The van der Waals surface area contributed by atoms with Crippen LogP contribution in [0, 0.1) is 0 Å². The van der Waals surface area contributed by atoms with E-state index in [2.05, 4.69) is 0 Å². The Labute approximate surface area is 78.5 Å². The summed E-state index contributed by atoms with van der Waals surface area (Å²) < 4.78 is 28.3. The summed E-state index contributed by atoms with van der Waals surface area (Å²) in [6, 6.07) is 0. The molecule has 0 aromatic heterocycles. The van der Waals surface area contributed by atoms with Crippen molar-refractivity contribution in [1.29, 1.82) is 0 Å². The van der Waals surface area contributed by atoms with Crippen LogP contribution in [0.5, 0.6) is 0 Å². The third-order valence-corrected chi connectivity index (χ3v) is 2.26. The van der Waals surface area contributed by atoms with Crippen LogP contribution in [0.2, 0.25) is 0 Å². The minimum Gasteiger partial charge on any atom is -0.443 e. The Kier molecular flexibility index (Phi) is 3.71. The van der Waals surface area contributed by atoms with Gasteiger partial charge in [0.05, 0.1) is 5.75 Å². The topological polar surface area (TPSA) is 72.5 Å². The normalized spacial score (nSPS) is 12.3. The second-order valence-electron chi connectivity index (χ2n) is 3.51. The van der Waals surface area contributed by atoms with Crippen molar-refractivity contribution in [2.45, 2.75) is 33.3 Å². The Bertz CT molecular complexity index is 275. The predicted molar refractivity (Wildman–Crippen MR) is 48.8 cm³/mol. The molecule has 0 aliphatic heterocycles. The van der Waals surface area contributed by atoms with Crippen LogP contribution in [0.25, 0.3) is 0 Å². The first-order valence-electron chi connectivity index (χ1n) is 3.90. The lowest BCUT2D eigenvalue weighted by Crippen LogP contribution is -2.37. The largest absolute Gasteiger partial charge is 0.443 e. The molecule has 78 valence electrons. The molecule has 0 saturated carbocycles. The Morgan fingerprint density at radius 1 is 1.38 bits per heavy atom. The number of nitrogens with one attached hydrogen (secondary N) is 1. The molecule has 0 unspecified atom stereocenters. The molecule has 0 heterocycles. The van der Waals surface area contributed by atoms with E-state index in [9.17, 15) is 13.2 Å². The lowest BCUT2D eigenvalue weighted by atomic mass is 10.2. The molecule has 1 amide bonds. The molecule has 0 aliphatic carbocycles. The van der Waals surface area contributed by atoms with Gasteiger partial charge in [0.15, 0.2) is 0 Å². The number of hydrogen-bond acceptors (Lipinski definition) is 4. The molecular weight excluding hydrogens is 194 g/mol. The van der Waals surface area contributed by atoms with Crippen LogP contribution in [0.4, 0.5) is 4.79 Å². The summed E-state index contributed by atoms with van der Waals surface area (Å²) in [5, 5.41) is 0. The van der Waals surface area contributed by atoms with Gasteiger partial charge in [0.1, 0.15) is 5.60 Å². The first-order chi connectivity index (χ1) is 5.66. The van der Waals surface area contributed by atoms with Gasteiger partial charge in [0.2, 0.25) is 10.0 Å². The summed E-state index contributed by atoms with van der Waals surface area (Å²) >= 11 is 0. The Morgan fingerprint density at radius 3 is 2.15 bits per heavy atom. The summed E-state index contributed by atoms with van der Waals surface area (Å²) in [7, 11) is -3.52. The number of ether oxygens (including phenoxy) is 1. The maximum Gasteiger partial charge on any atom is 0.421 e. The van der Waals surface area contributed by atoms with E-state index < -0.39 is 21.7 Å². The first-order valence-corrected chi connectivity index (χ1v) is 5.55. The standard InChI is InChI=1S/C7H15NO4S/c1-5-13(10,11)8-6(9)12-7(2,3)4/h5H2,1-4H3,(H,8,9). The van der Waals surface area contributed by atoms with Crippen LogP contribution in [-0.4, -0.2) is 25.9 Å². The summed E-state index contributed by atoms with van der Waals surface area (Å²) in [5.74, 6) is -0.147. The van der Waals surface area contributed by atoms with Crippen LogP contribution in [0.3, 0.4) is 0 Å². The van der Waals surface area contributed by atoms with Gasteiger partial charge in [-0.25, -0.2) is 17.9 Å². The van der Waals surface area contributed by atoms with Crippen molar-refractivity contribution in [3.8, 4) is 0 Å². The monoisotopic (exact) mass is 209 g/mol. The van der Waals surface area contributed by atoms with Crippen LogP contribution >= 0.6 is 0 Å². The van der Waals surface area contributed by atoms with Gasteiger partial charge in [0.25, 0.3) is 0 Å². The SMILES string of the molecule is CCS(=O)(=O)NC(=O)OC(C)(C)C. The summed E-state index contributed by atoms with van der Waals surface area (Å²) in [4.78, 5) is 10.9. The molecule has 0 aromatic carbocycles. The predicted octanol–water partition coefficient (Wildman–Crippen LogP) is 0.861. The van der Waals surface area contributed by atoms with Crippen molar-refractivity contribution in [1.82, 2.24) is 4.72 Å². The summed E-state index contributed by atoms with van der Waals surface area (Å²) in [6.07, 6.45) is -0.936. The van der Waals surface area contributed by atoms with E-state index in [-0.39, 0.29) is 5.75 Å². The molecule has 0 radical (unpaired) electrons. The molecule has 5 nitrogen and oxygen atoms in total. The highest BCUT2D eigenvalue weighted by Gasteiger charge is 2.19. The Morgan fingerprint density at radius 2 is 1.85 bits per heavy atom. The van der Waals surface area contributed by atoms with E-state index in [1.54, 1.807) is 25.5 Å². The highest BCUT2D eigenvalue weighted by Crippen LogP contribution is 2.06. The first kappa shape index (κ1) is 12.2. The van der Waals surface area contributed by atoms with Gasteiger partial charge in [0, 0.05) is 0 Å². The molecule has 0 saturated heterocycles. The van der Waals surface area contributed by atoms with Crippen molar-refractivity contribution in [2.75, 3.05) is 5.75 Å². The fraction of sp³-hybridized carbons (Fsp3) is 0.857. The summed E-state index contributed by atoms with van der Waals surface area (Å²) in [5.41, 5.74) is -0.687. The van der Waals surface area contributed by atoms with Crippen LogP contribution in [0.1, 0.15) is 27.7 Å². The molecule has 0 bridgehead atoms. The van der Waals surface area contributed by atoms with E-state index in [1.807, 2.05) is 0 Å². The zero-order valence-corrected chi connectivity index (χ0v) is 9.06. The van der Waals surface area contributed by atoms with Crippen molar-refractivity contribution in [3.05, 3.63) is 0 Å². The van der Waals surface area contributed by atoms with Crippen LogP contribution in [0.15, 0.2) is 0 Å². The smallest absolute Gasteiger partial charge is 0.421 e. The maximum atomic E-state index is 10.9. The fourth-order valence-electron chi connectivity index (χ4n) is 0.498. The molecular formula is C7H15NO4S. The Balaban J connectivity index is 4.19. The number of carbonyl (C=O) groups is 1. The second-order valence-corrected chi connectivity index (χ2v) is 5.52. The zero-order chi connectivity index (χ0) is 10.7. The fourth-order valence-corrected chi connectivity index (χ4v) is 0.938. The van der Waals surface area contributed by atoms with E-state index in [4.69, 9.17) is 4.74 Å². The average Bonchev–Trinajstić information content (AvgIpc) is 1.81. The van der Waals surface area contributed by atoms with Gasteiger partial charge >= 0.3 is 6.09 Å².